The Kier molecular flexibility index (Phi) is 4.07. The summed E-state index contributed by atoms with van der Waals surface area (Å²) in [4.78, 5) is 36.7. The molecule has 0 radical (unpaired) electrons. The van der Waals surface area contributed by atoms with Gasteiger partial charge >= 0.3 is 5.97 Å². The summed E-state index contributed by atoms with van der Waals surface area (Å²) < 4.78 is 0. The van der Waals surface area contributed by atoms with E-state index in [2.05, 4.69) is 5.32 Å². The minimum Gasteiger partial charge on any atom is -0.481 e. The highest BCUT2D eigenvalue weighted by Gasteiger charge is 2.48. The van der Waals surface area contributed by atoms with E-state index in [1.165, 1.54) is 0 Å². The molecule has 1 heterocycles. The molecule has 1 fully saturated rings. The molecule has 1 aromatic rings. The van der Waals surface area contributed by atoms with Gasteiger partial charge < -0.3 is 15.3 Å². The van der Waals surface area contributed by atoms with Crippen molar-refractivity contribution in [1.29, 1.82) is 0 Å². The number of carbonyl (C=O) groups excluding carboxylic acids is 2. The normalized spacial score (nSPS) is 22.5. The number of nitrogens with one attached hydrogen (secondary N) is 1. The molecule has 122 valence electrons. The number of carboxylic acids is 1. The number of benzene rings is 1. The van der Waals surface area contributed by atoms with Gasteiger partial charge in [0.25, 0.3) is 0 Å². The maximum absolute atomic E-state index is 12.0. The third kappa shape index (κ3) is 3.06. The van der Waals surface area contributed by atoms with E-state index in [0.29, 0.717) is 31.5 Å². The standard InChI is InChI=1S/C17H20N2O4/c1-2-7-19-14-5-4-11(8-10(14)3-6-15(19)20)18-16(21)12-9-13(12)17(22)23/h4-5,8,12-13H,2-3,6-7,9H2,1H3,(H,18,21)(H,22,23). The van der Waals surface area contributed by atoms with Crippen molar-refractivity contribution in [2.45, 2.75) is 32.6 Å². The van der Waals surface area contributed by atoms with E-state index >= 15 is 0 Å². The number of carboxylic acid groups (broad SMARTS) is 1. The molecule has 0 bridgehead atoms. The second kappa shape index (κ2) is 6.02. The average molecular weight is 316 g/mol. The SMILES string of the molecule is CCCN1C(=O)CCc2cc(NC(=O)C3CC3C(=O)O)ccc21. The van der Waals surface area contributed by atoms with Gasteiger partial charge in [-0.3, -0.25) is 14.4 Å². The fourth-order valence-corrected chi connectivity index (χ4v) is 3.10. The van der Waals surface area contributed by atoms with Gasteiger partial charge in [-0.15, -0.1) is 0 Å². The van der Waals surface area contributed by atoms with Crippen molar-refractivity contribution in [3.63, 3.8) is 0 Å². The van der Waals surface area contributed by atoms with Crippen molar-refractivity contribution in [1.82, 2.24) is 0 Å². The first kappa shape index (κ1) is 15.5. The summed E-state index contributed by atoms with van der Waals surface area (Å²) in [5.41, 5.74) is 2.62. The molecule has 1 aliphatic carbocycles. The highest BCUT2D eigenvalue weighted by atomic mass is 16.4. The van der Waals surface area contributed by atoms with Crippen LogP contribution >= 0.6 is 0 Å². The zero-order valence-corrected chi connectivity index (χ0v) is 13.0. The minimum atomic E-state index is -0.913. The van der Waals surface area contributed by atoms with Crippen LogP contribution in [-0.2, 0) is 20.8 Å². The molecule has 1 aromatic carbocycles. The number of rotatable bonds is 5. The molecule has 2 amide bonds. The van der Waals surface area contributed by atoms with Crippen molar-refractivity contribution >= 4 is 29.2 Å². The predicted octanol–water partition coefficient (Wildman–Crippen LogP) is 2.03. The summed E-state index contributed by atoms with van der Waals surface area (Å²) in [6, 6.07) is 5.52. The Morgan fingerprint density at radius 1 is 1.30 bits per heavy atom. The van der Waals surface area contributed by atoms with Crippen LogP contribution in [0.3, 0.4) is 0 Å². The Morgan fingerprint density at radius 3 is 2.74 bits per heavy atom. The van der Waals surface area contributed by atoms with E-state index in [0.717, 1.165) is 17.7 Å². The Hall–Kier alpha value is -2.37. The second-order valence-corrected chi connectivity index (χ2v) is 6.17. The number of aryl methyl sites for hydroxylation is 1. The molecular weight excluding hydrogens is 296 g/mol. The van der Waals surface area contributed by atoms with Crippen LogP contribution in [0.25, 0.3) is 0 Å². The fraction of sp³-hybridized carbons (Fsp3) is 0.471. The van der Waals surface area contributed by atoms with Gasteiger partial charge in [0.05, 0.1) is 11.8 Å². The number of anilines is 2. The fourth-order valence-electron chi connectivity index (χ4n) is 3.10. The minimum absolute atomic E-state index is 0.137. The lowest BCUT2D eigenvalue weighted by Gasteiger charge is -2.29. The molecule has 0 saturated heterocycles. The highest BCUT2D eigenvalue weighted by molar-refractivity contribution is 6.00. The first-order valence-electron chi connectivity index (χ1n) is 7.98. The largest absolute Gasteiger partial charge is 0.481 e. The molecular formula is C17H20N2O4. The van der Waals surface area contributed by atoms with Crippen LogP contribution in [0.15, 0.2) is 18.2 Å². The third-order valence-corrected chi connectivity index (χ3v) is 4.44. The van der Waals surface area contributed by atoms with Gasteiger partial charge in [0.15, 0.2) is 0 Å². The third-order valence-electron chi connectivity index (χ3n) is 4.44. The van der Waals surface area contributed by atoms with Crippen molar-refractivity contribution in [3.8, 4) is 0 Å². The van der Waals surface area contributed by atoms with Crippen LogP contribution in [0, 0.1) is 11.8 Å². The van der Waals surface area contributed by atoms with Crippen LogP contribution in [-0.4, -0.2) is 29.4 Å². The van der Waals surface area contributed by atoms with Crippen LogP contribution in [0.4, 0.5) is 11.4 Å². The molecule has 2 unspecified atom stereocenters. The van der Waals surface area contributed by atoms with E-state index in [4.69, 9.17) is 5.11 Å². The smallest absolute Gasteiger partial charge is 0.307 e. The summed E-state index contributed by atoms with van der Waals surface area (Å²) in [6.07, 6.45) is 2.44. The van der Waals surface area contributed by atoms with Crippen LogP contribution in [0.5, 0.6) is 0 Å². The van der Waals surface area contributed by atoms with E-state index in [1.54, 1.807) is 11.0 Å². The van der Waals surface area contributed by atoms with Gasteiger partial charge in [-0.2, -0.15) is 0 Å². The quantitative estimate of drug-likeness (QED) is 0.870. The molecule has 6 heteroatoms. The molecule has 0 spiro atoms. The van der Waals surface area contributed by atoms with Crippen LogP contribution < -0.4 is 10.2 Å². The maximum atomic E-state index is 12.0. The summed E-state index contributed by atoms with van der Waals surface area (Å²) >= 11 is 0. The first-order valence-corrected chi connectivity index (χ1v) is 7.98. The van der Waals surface area contributed by atoms with Crippen LogP contribution in [0.1, 0.15) is 31.7 Å². The van der Waals surface area contributed by atoms with Gasteiger partial charge in [0, 0.05) is 24.3 Å². The Bertz CT molecular complexity index is 671. The number of hydrogen-bond acceptors (Lipinski definition) is 3. The van der Waals surface area contributed by atoms with E-state index in [-0.39, 0.29) is 11.8 Å². The predicted molar refractivity (Wildman–Crippen MR) is 85.3 cm³/mol. The molecule has 3 rings (SSSR count). The molecule has 1 saturated carbocycles. The average Bonchev–Trinajstić information content (AvgIpc) is 3.31. The van der Waals surface area contributed by atoms with E-state index in [1.807, 2.05) is 19.1 Å². The Labute approximate surface area is 134 Å². The molecule has 2 atom stereocenters. The summed E-state index contributed by atoms with van der Waals surface area (Å²) in [5, 5.41) is 11.7. The van der Waals surface area contributed by atoms with Crippen molar-refractivity contribution in [2.75, 3.05) is 16.8 Å². The summed E-state index contributed by atoms with van der Waals surface area (Å²) in [5.74, 6) is -2.00. The van der Waals surface area contributed by atoms with Gasteiger partial charge in [-0.25, -0.2) is 0 Å². The monoisotopic (exact) mass is 316 g/mol. The molecule has 2 aliphatic rings. The zero-order chi connectivity index (χ0) is 16.6. The molecule has 2 N–H and O–H groups in total. The Morgan fingerprint density at radius 2 is 2.09 bits per heavy atom. The lowest BCUT2D eigenvalue weighted by molar-refractivity contribution is -0.139. The number of aliphatic carboxylic acids is 1. The second-order valence-electron chi connectivity index (χ2n) is 6.17. The maximum Gasteiger partial charge on any atom is 0.307 e. The number of carbonyl (C=O) groups is 3. The number of fused-ring (bicyclic) bond motifs is 1. The topological polar surface area (TPSA) is 86.7 Å². The molecule has 6 nitrogen and oxygen atoms in total. The molecule has 1 aliphatic heterocycles. The van der Waals surface area contributed by atoms with Crippen molar-refractivity contribution in [3.05, 3.63) is 23.8 Å². The lowest BCUT2D eigenvalue weighted by atomic mass is 10.00. The van der Waals surface area contributed by atoms with Gasteiger partial charge in [0.2, 0.25) is 11.8 Å². The number of nitrogens with zero attached hydrogens (tertiary/aromatic N) is 1. The number of amides is 2. The van der Waals surface area contributed by atoms with E-state index in [9.17, 15) is 14.4 Å². The zero-order valence-electron chi connectivity index (χ0n) is 13.0. The summed E-state index contributed by atoms with van der Waals surface area (Å²) in [6.45, 7) is 2.73. The van der Waals surface area contributed by atoms with Gasteiger partial charge in [0.1, 0.15) is 0 Å². The highest BCUT2D eigenvalue weighted by Crippen LogP contribution is 2.39. The Balaban J connectivity index is 1.73. The van der Waals surface area contributed by atoms with Gasteiger partial charge in [-0.05, 0) is 43.0 Å². The molecule has 23 heavy (non-hydrogen) atoms. The molecule has 0 aromatic heterocycles. The number of hydrogen-bond donors (Lipinski definition) is 2. The van der Waals surface area contributed by atoms with Gasteiger partial charge in [-0.1, -0.05) is 6.92 Å². The first-order chi connectivity index (χ1) is 11.0. The van der Waals surface area contributed by atoms with Crippen molar-refractivity contribution in [2.24, 2.45) is 11.8 Å². The lowest BCUT2D eigenvalue weighted by Crippen LogP contribution is -2.35. The van der Waals surface area contributed by atoms with E-state index < -0.39 is 17.8 Å². The van der Waals surface area contributed by atoms with Crippen LogP contribution in [0.2, 0.25) is 0 Å². The van der Waals surface area contributed by atoms with Crippen molar-refractivity contribution < 1.29 is 19.5 Å². The summed E-state index contributed by atoms with van der Waals surface area (Å²) in [7, 11) is 0.